The maximum Gasteiger partial charge on any atom is 0.376 e. The molecule has 320 valence electrons. The molecule has 0 spiro atoms. The molecule has 13 heteroatoms. The minimum absolute atomic E-state index is 0.0617. The molecule has 3 unspecified atom stereocenters. The predicted octanol–water partition coefficient (Wildman–Crippen LogP) is 8.80. The van der Waals surface area contributed by atoms with Crippen LogP contribution in [0.25, 0.3) is 0 Å². The maximum atomic E-state index is 13.7. The van der Waals surface area contributed by atoms with Crippen LogP contribution in [0.4, 0.5) is 23.2 Å². The molecule has 2 bridgehead atoms. The van der Waals surface area contributed by atoms with E-state index in [9.17, 15) is 37.1 Å². The fourth-order valence-electron chi connectivity index (χ4n) is 8.24. The molecule has 0 aliphatic carbocycles. The number of nitrogens with one attached hydrogen (secondary N) is 1. The van der Waals surface area contributed by atoms with Crippen molar-refractivity contribution in [2.75, 3.05) is 44.7 Å². The van der Waals surface area contributed by atoms with Gasteiger partial charge >= 0.3 is 11.9 Å². The number of nitrogens with zero attached hydrogens (tertiary/aromatic N) is 3. The van der Waals surface area contributed by atoms with E-state index in [1.165, 1.54) is 106 Å². The lowest BCUT2D eigenvalue weighted by atomic mass is 9.78. The summed E-state index contributed by atoms with van der Waals surface area (Å²) in [5.74, 6) is -5.98. The van der Waals surface area contributed by atoms with Gasteiger partial charge in [0.15, 0.2) is 0 Å². The molecule has 3 aromatic carbocycles. The van der Waals surface area contributed by atoms with E-state index in [1.807, 2.05) is 24.3 Å². The molecule has 4 aliphatic rings. The van der Waals surface area contributed by atoms with E-state index in [4.69, 9.17) is 0 Å². The highest BCUT2D eigenvalue weighted by atomic mass is 19.3. The number of unbranched alkanes of at least 4 members (excludes halogenated alkanes) is 8. The number of hydrogen-bond donors (Lipinski definition) is 2. The molecule has 2 fully saturated rings. The molecule has 0 saturated carbocycles. The van der Waals surface area contributed by atoms with Crippen LogP contribution in [0.3, 0.4) is 0 Å². The quantitative estimate of drug-likeness (QED) is 0.0367. The number of ether oxygens (including phenoxy) is 1. The average Bonchev–Trinajstić information content (AvgIpc) is 3.21. The Labute approximate surface area is 345 Å². The number of hydrogen-bond acceptors (Lipinski definition) is 6. The zero-order valence-electron chi connectivity index (χ0n) is 34.3. The monoisotopic (exact) mass is 823 g/mol. The second kappa shape index (κ2) is 21.6. The number of anilines is 1. The Morgan fingerprint density at radius 2 is 1.46 bits per heavy atom. The van der Waals surface area contributed by atoms with Gasteiger partial charge < -0.3 is 24.5 Å². The molecule has 3 aromatic rings. The van der Waals surface area contributed by atoms with Gasteiger partial charge in [0.25, 0.3) is 0 Å². The van der Waals surface area contributed by atoms with Gasteiger partial charge in [-0.3, -0.25) is 14.6 Å². The molecule has 0 radical (unpaired) electrons. The zero-order valence-corrected chi connectivity index (χ0v) is 34.3. The summed E-state index contributed by atoms with van der Waals surface area (Å²) in [6, 6.07) is 19.3. The Balaban J connectivity index is 0.000000749. The summed E-state index contributed by atoms with van der Waals surface area (Å²) in [6.07, 6.45) is 11.5. The van der Waals surface area contributed by atoms with Crippen molar-refractivity contribution in [1.82, 2.24) is 5.32 Å². The molecular formula is C46H59F4N4O5+. The van der Waals surface area contributed by atoms with E-state index < -0.39 is 18.0 Å². The highest BCUT2D eigenvalue weighted by Crippen LogP contribution is 2.46. The summed E-state index contributed by atoms with van der Waals surface area (Å²) in [5, 5.41) is 13.8. The van der Waals surface area contributed by atoms with E-state index in [0.717, 1.165) is 37.6 Å². The van der Waals surface area contributed by atoms with Crippen molar-refractivity contribution in [3.63, 3.8) is 0 Å². The molecule has 9 nitrogen and oxygen atoms in total. The molecule has 0 aromatic heterocycles. The number of esters is 1. The van der Waals surface area contributed by atoms with E-state index >= 15 is 0 Å². The number of aliphatic imine (C=N–C) groups is 1. The Morgan fingerprint density at radius 3 is 2.00 bits per heavy atom. The van der Waals surface area contributed by atoms with Crippen molar-refractivity contribution in [2.24, 2.45) is 10.9 Å². The van der Waals surface area contributed by atoms with Crippen LogP contribution in [-0.2, 0) is 25.7 Å². The number of rotatable bonds is 21. The fourth-order valence-corrected chi connectivity index (χ4v) is 8.24. The topological polar surface area (TPSA) is 108 Å². The van der Waals surface area contributed by atoms with Gasteiger partial charge in [-0.25, -0.2) is 13.6 Å². The normalized spacial score (nSPS) is 18.4. The minimum atomic E-state index is -3.35. The number of fused-ring (bicyclic) bond motifs is 2. The van der Waals surface area contributed by atoms with Gasteiger partial charge in [0.05, 0.1) is 44.8 Å². The van der Waals surface area contributed by atoms with Crippen molar-refractivity contribution in [3.8, 4) is 0 Å². The van der Waals surface area contributed by atoms with Crippen LogP contribution in [-0.4, -0.2) is 78.8 Å². The van der Waals surface area contributed by atoms with Gasteiger partial charge in [0.2, 0.25) is 11.8 Å². The number of carbonyl (C=O) groups is 3. The summed E-state index contributed by atoms with van der Waals surface area (Å²) in [6.45, 7) is 6.97. The number of methoxy groups -OCH3 is 1. The number of amides is 2. The number of carbonyl (C=O) groups excluding carboxylic acids is 3. The molecule has 3 atom stereocenters. The van der Waals surface area contributed by atoms with E-state index in [-0.39, 0.29) is 35.4 Å². The smallest absolute Gasteiger partial charge is 0.376 e. The maximum absolute atomic E-state index is 13.7. The standard InChI is InChI=1S/C42H52F2N4O3.C4H6F2O2/c43-34-17-15-32(16-18-34)39(49)24-23-38-41(47(42(38)51)37-21-19-35(44)20-22-37)33-13-11-31(12-14-33)28-46-40(50)10-8-6-4-2-1-3-5-7-9-26-48-27-25-45-36(29-48)30-48;1-4(5,6)3(7)8-2/h11-22,38-39,41,49H,1-10,23-30H2;1-2H3/p+1. The van der Waals surface area contributed by atoms with Gasteiger partial charge in [0, 0.05) is 25.6 Å². The van der Waals surface area contributed by atoms with Crippen molar-refractivity contribution in [3.05, 3.63) is 101 Å². The molecule has 2 saturated heterocycles. The lowest BCUT2D eigenvalue weighted by Crippen LogP contribution is -2.68. The number of β-lactam (4-membered cyclic amide) rings is 1. The third-order valence-corrected chi connectivity index (χ3v) is 11.7. The van der Waals surface area contributed by atoms with Crippen LogP contribution in [0.1, 0.15) is 113 Å². The van der Waals surface area contributed by atoms with Crippen LogP contribution in [0, 0.1) is 17.6 Å². The molecule has 2 N–H and O–H groups in total. The van der Waals surface area contributed by atoms with Crippen molar-refractivity contribution in [1.29, 1.82) is 0 Å². The molecule has 2 amide bonds. The fraction of sp³-hybridized carbons (Fsp3) is 0.522. The van der Waals surface area contributed by atoms with E-state index in [0.29, 0.717) is 44.0 Å². The van der Waals surface area contributed by atoms with E-state index in [2.05, 4.69) is 15.0 Å². The molecule has 4 aliphatic heterocycles. The highest BCUT2D eigenvalue weighted by Gasteiger charge is 2.48. The lowest BCUT2D eigenvalue weighted by molar-refractivity contribution is -0.933. The van der Waals surface area contributed by atoms with Crippen molar-refractivity contribution >= 4 is 29.2 Å². The number of aliphatic hydroxyl groups excluding tert-OH is 1. The Morgan fingerprint density at radius 1 is 0.881 bits per heavy atom. The number of alkyl halides is 2. The Kier molecular flexibility index (Phi) is 16.6. The van der Waals surface area contributed by atoms with Gasteiger partial charge in [-0.15, -0.1) is 0 Å². The van der Waals surface area contributed by atoms with Crippen molar-refractivity contribution < 1.29 is 46.3 Å². The van der Waals surface area contributed by atoms with Crippen LogP contribution < -0.4 is 10.2 Å². The first-order chi connectivity index (χ1) is 28.3. The third kappa shape index (κ3) is 13.2. The summed E-state index contributed by atoms with van der Waals surface area (Å²) in [5.41, 5.74) is 4.57. The van der Waals surface area contributed by atoms with Gasteiger partial charge in [-0.05, 0) is 85.2 Å². The highest BCUT2D eigenvalue weighted by molar-refractivity contribution is 6.03. The van der Waals surface area contributed by atoms with Gasteiger partial charge in [0.1, 0.15) is 30.4 Å². The first kappa shape index (κ1) is 45.5. The minimum Gasteiger partial charge on any atom is -0.465 e. The Hall–Kier alpha value is -4.62. The van der Waals surface area contributed by atoms with Crippen molar-refractivity contribution in [2.45, 2.75) is 109 Å². The molecule has 4 heterocycles. The summed E-state index contributed by atoms with van der Waals surface area (Å²) < 4.78 is 55.3. The first-order valence-corrected chi connectivity index (χ1v) is 21.0. The summed E-state index contributed by atoms with van der Waals surface area (Å²) in [4.78, 5) is 42.0. The molecule has 7 rings (SSSR count). The zero-order chi connectivity index (χ0) is 42.4. The molecular weight excluding hydrogens is 765 g/mol. The number of aliphatic hydroxyl groups is 1. The number of benzene rings is 3. The molecule has 59 heavy (non-hydrogen) atoms. The van der Waals surface area contributed by atoms with Gasteiger partial charge in [-0.2, -0.15) is 8.78 Å². The SMILES string of the molecule is COC(=O)C(C)(F)F.O=C(CCCCCCCCCCC[N+]12CCN=C(C1)C2)NCc1ccc(C2C(CCC(O)c3ccc(F)cc3)C(=O)N2c2ccc(F)cc2)cc1. The van der Waals surface area contributed by atoms with Gasteiger partial charge in [-0.1, -0.05) is 74.9 Å². The van der Waals surface area contributed by atoms with Crippen LogP contribution in [0.5, 0.6) is 0 Å². The first-order valence-electron chi connectivity index (χ1n) is 21.0. The number of halogens is 4. The second-order valence-electron chi connectivity index (χ2n) is 16.3. The second-order valence-corrected chi connectivity index (χ2v) is 16.3. The average molecular weight is 824 g/mol. The Bertz CT molecular complexity index is 1840. The lowest BCUT2D eigenvalue weighted by Gasteiger charge is -2.49. The summed E-state index contributed by atoms with van der Waals surface area (Å²) in [7, 11) is 0.916. The van der Waals surface area contributed by atoms with Crippen LogP contribution in [0.15, 0.2) is 77.8 Å². The van der Waals surface area contributed by atoms with Crippen LogP contribution >= 0.6 is 0 Å². The summed E-state index contributed by atoms with van der Waals surface area (Å²) >= 11 is 0. The van der Waals surface area contributed by atoms with E-state index in [1.54, 1.807) is 29.2 Å². The number of quaternary nitrogens is 1. The van der Waals surface area contributed by atoms with Crippen LogP contribution in [0.2, 0.25) is 0 Å². The predicted molar refractivity (Wildman–Crippen MR) is 220 cm³/mol. The third-order valence-electron chi connectivity index (χ3n) is 11.7. The largest absolute Gasteiger partial charge is 0.465 e.